The van der Waals surface area contributed by atoms with Gasteiger partial charge in [-0.1, -0.05) is 12.5 Å². The highest BCUT2D eigenvalue weighted by atomic mass is 16.6. The van der Waals surface area contributed by atoms with Gasteiger partial charge < -0.3 is 15.2 Å². The van der Waals surface area contributed by atoms with Crippen molar-refractivity contribution in [2.24, 2.45) is 5.41 Å². The predicted molar refractivity (Wildman–Crippen MR) is 76.7 cm³/mol. The van der Waals surface area contributed by atoms with Crippen LogP contribution in [-0.4, -0.2) is 29.7 Å². The number of carboxylic acid groups (broad SMARTS) is 1. The molecule has 0 amide bonds. The van der Waals surface area contributed by atoms with E-state index < -0.39 is 10.9 Å². The van der Waals surface area contributed by atoms with Gasteiger partial charge in [-0.2, -0.15) is 0 Å². The van der Waals surface area contributed by atoms with Crippen molar-refractivity contribution >= 4 is 17.3 Å². The van der Waals surface area contributed by atoms with E-state index in [0.717, 1.165) is 19.3 Å². The van der Waals surface area contributed by atoms with Crippen molar-refractivity contribution in [2.75, 3.05) is 19.0 Å². The Morgan fingerprint density at radius 1 is 1.52 bits per heavy atom. The average Bonchev–Trinajstić information content (AvgIpc) is 2.40. The number of nitrogens with one attached hydrogen (secondary N) is 1. The second-order valence-electron chi connectivity index (χ2n) is 5.39. The van der Waals surface area contributed by atoms with Crippen molar-refractivity contribution in [3.05, 3.63) is 28.3 Å². The van der Waals surface area contributed by atoms with E-state index >= 15 is 0 Å². The largest absolute Gasteiger partial charge is 0.490 e. The van der Waals surface area contributed by atoms with Gasteiger partial charge in [-0.05, 0) is 30.4 Å². The summed E-state index contributed by atoms with van der Waals surface area (Å²) in [7, 11) is 1.38. The minimum atomic E-state index is -0.836. The molecule has 2 N–H and O–H groups in total. The summed E-state index contributed by atoms with van der Waals surface area (Å²) in [6, 6.07) is 4.80. The Morgan fingerprint density at radius 2 is 2.24 bits per heavy atom. The molecule has 0 unspecified atom stereocenters. The lowest BCUT2D eigenvalue weighted by Crippen LogP contribution is -2.38. The normalized spacial score (nSPS) is 15.9. The summed E-state index contributed by atoms with van der Waals surface area (Å²) in [6.45, 7) is 0.410. The molecule has 0 aromatic heterocycles. The third-order valence-electron chi connectivity index (χ3n) is 4.00. The van der Waals surface area contributed by atoms with E-state index in [-0.39, 0.29) is 23.3 Å². The summed E-state index contributed by atoms with van der Waals surface area (Å²) >= 11 is 0. The number of rotatable bonds is 7. The molecule has 1 aliphatic rings. The minimum absolute atomic E-state index is 0.0811. The fraction of sp³-hybridized carbons (Fsp3) is 0.500. The Labute approximate surface area is 122 Å². The number of nitrogens with zero attached hydrogens (tertiary/aromatic N) is 1. The van der Waals surface area contributed by atoms with E-state index in [1.54, 1.807) is 12.1 Å². The molecular weight excluding hydrogens is 276 g/mol. The van der Waals surface area contributed by atoms with Crippen LogP contribution in [-0.2, 0) is 4.79 Å². The van der Waals surface area contributed by atoms with Crippen molar-refractivity contribution in [2.45, 2.75) is 25.7 Å². The van der Waals surface area contributed by atoms with Crippen LogP contribution in [0.2, 0.25) is 0 Å². The standard InChI is InChI=1S/C14H18N2O5/c1-21-11-5-2-4-10(13(11)16(19)20)15-9-14(6-3-7-14)8-12(17)18/h2,4-5,15H,3,6-9H2,1H3,(H,17,18). The first-order valence-electron chi connectivity index (χ1n) is 6.74. The number of para-hydroxylation sites is 1. The average molecular weight is 294 g/mol. The lowest BCUT2D eigenvalue weighted by atomic mass is 9.66. The number of nitro benzene ring substituents is 1. The summed E-state index contributed by atoms with van der Waals surface area (Å²) < 4.78 is 5.01. The second-order valence-corrected chi connectivity index (χ2v) is 5.39. The molecule has 1 fully saturated rings. The Balaban J connectivity index is 2.16. The Bertz CT molecular complexity index is 554. The number of nitro groups is 1. The number of benzene rings is 1. The van der Waals surface area contributed by atoms with E-state index in [2.05, 4.69) is 5.32 Å². The van der Waals surface area contributed by atoms with Gasteiger partial charge in [0.25, 0.3) is 0 Å². The monoisotopic (exact) mass is 294 g/mol. The van der Waals surface area contributed by atoms with E-state index in [1.165, 1.54) is 13.2 Å². The molecule has 0 bridgehead atoms. The van der Waals surface area contributed by atoms with Gasteiger partial charge in [0.2, 0.25) is 0 Å². The number of carboxylic acids is 1. The van der Waals surface area contributed by atoms with E-state index in [0.29, 0.717) is 12.2 Å². The topological polar surface area (TPSA) is 102 Å². The lowest BCUT2D eigenvalue weighted by molar-refractivity contribution is -0.384. The molecule has 0 aliphatic heterocycles. The maximum Gasteiger partial charge on any atom is 0.333 e. The van der Waals surface area contributed by atoms with Crippen LogP contribution < -0.4 is 10.1 Å². The fourth-order valence-electron chi connectivity index (χ4n) is 2.71. The van der Waals surface area contributed by atoms with E-state index in [1.807, 2.05) is 0 Å². The zero-order chi connectivity index (χ0) is 15.5. The number of ether oxygens (including phenoxy) is 1. The fourth-order valence-corrected chi connectivity index (χ4v) is 2.71. The molecule has 0 saturated heterocycles. The molecule has 0 heterocycles. The molecule has 1 aromatic rings. The zero-order valence-corrected chi connectivity index (χ0v) is 11.8. The lowest BCUT2D eigenvalue weighted by Gasteiger charge is -2.41. The second kappa shape index (κ2) is 5.99. The van der Waals surface area contributed by atoms with Gasteiger partial charge in [-0.25, -0.2) is 0 Å². The molecule has 0 atom stereocenters. The molecule has 1 aliphatic carbocycles. The van der Waals surface area contributed by atoms with Gasteiger partial charge in [0.1, 0.15) is 5.69 Å². The van der Waals surface area contributed by atoms with Gasteiger partial charge in [-0.15, -0.1) is 0 Å². The minimum Gasteiger partial charge on any atom is -0.490 e. The van der Waals surface area contributed by atoms with Gasteiger partial charge in [0.15, 0.2) is 5.75 Å². The Morgan fingerprint density at radius 3 is 2.71 bits per heavy atom. The van der Waals surface area contributed by atoms with Crippen LogP contribution >= 0.6 is 0 Å². The third-order valence-corrected chi connectivity index (χ3v) is 4.00. The van der Waals surface area contributed by atoms with Gasteiger partial charge in [0.05, 0.1) is 18.5 Å². The molecule has 1 saturated carbocycles. The zero-order valence-electron chi connectivity index (χ0n) is 11.8. The van der Waals surface area contributed by atoms with Gasteiger partial charge in [-0.3, -0.25) is 14.9 Å². The summed E-state index contributed by atoms with van der Waals surface area (Å²) in [6.07, 6.45) is 2.72. The van der Waals surface area contributed by atoms with Crippen LogP contribution in [0.4, 0.5) is 11.4 Å². The Kier molecular flexibility index (Phi) is 4.30. The maximum atomic E-state index is 11.2. The van der Waals surface area contributed by atoms with Crippen LogP contribution in [0.1, 0.15) is 25.7 Å². The predicted octanol–water partition coefficient (Wildman–Crippen LogP) is 2.66. The summed E-state index contributed by atoms with van der Waals surface area (Å²) in [4.78, 5) is 21.6. The van der Waals surface area contributed by atoms with Crippen LogP contribution in [0.25, 0.3) is 0 Å². The Hall–Kier alpha value is -2.31. The smallest absolute Gasteiger partial charge is 0.333 e. The summed E-state index contributed by atoms with van der Waals surface area (Å²) in [5.74, 6) is -0.650. The highest BCUT2D eigenvalue weighted by molar-refractivity contribution is 5.70. The number of methoxy groups -OCH3 is 1. The first-order valence-corrected chi connectivity index (χ1v) is 6.74. The first kappa shape index (κ1) is 15.1. The van der Waals surface area contributed by atoms with Crippen molar-refractivity contribution in [3.8, 4) is 5.75 Å². The number of hydrogen-bond acceptors (Lipinski definition) is 5. The van der Waals surface area contributed by atoms with Crippen molar-refractivity contribution in [1.82, 2.24) is 0 Å². The third kappa shape index (κ3) is 3.24. The molecule has 2 rings (SSSR count). The molecule has 7 heteroatoms. The number of aliphatic carboxylic acids is 1. The van der Waals surface area contributed by atoms with Crippen LogP contribution in [0.15, 0.2) is 18.2 Å². The number of anilines is 1. The van der Waals surface area contributed by atoms with E-state index in [9.17, 15) is 14.9 Å². The molecule has 0 radical (unpaired) electrons. The number of hydrogen-bond donors (Lipinski definition) is 2. The summed E-state index contributed by atoms with van der Waals surface area (Å²) in [5, 5.41) is 23.2. The molecule has 21 heavy (non-hydrogen) atoms. The molecule has 114 valence electrons. The van der Waals surface area contributed by atoms with Crippen molar-refractivity contribution in [1.29, 1.82) is 0 Å². The maximum absolute atomic E-state index is 11.2. The highest BCUT2D eigenvalue weighted by Crippen LogP contribution is 2.45. The van der Waals surface area contributed by atoms with E-state index in [4.69, 9.17) is 9.84 Å². The van der Waals surface area contributed by atoms with Gasteiger partial charge >= 0.3 is 11.7 Å². The molecular formula is C14H18N2O5. The van der Waals surface area contributed by atoms with Crippen molar-refractivity contribution in [3.63, 3.8) is 0 Å². The van der Waals surface area contributed by atoms with Crippen molar-refractivity contribution < 1.29 is 19.6 Å². The first-order chi connectivity index (χ1) is 9.97. The molecule has 1 aromatic carbocycles. The quantitative estimate of drug-likeness (QED) is 0.592. The highest BCUT2D eigenvalue weighted by Gasteiger charge is 2.39. The summed E-state index contributed by atoms with van der Waals surface area (Å²) in [5.41, 5.74) is -0.0659. The van der Waals surface area contributed by atoms with Gasteiger partial charge in [0, 0.05) is 6.54 Å². The van der Waals surface area contributed by atoms with Crippen LogP contribution in [0.5, 0.6) is 5.75 Å². The number of carbonyl (C=O) groups is 1. The van der Waals surface area contributed by atoms with Crippen LogP contribution in [0.3, 0.4) is 0 Å². The SMILES string of the molecule is COc1cccc(NCC2(CC(=O)O)CCC2)c1[N+](=O)[O-]. The van der Waals surface area contributed by atoms with Crippen LogP contribution in [0, 0.1) is 15.5 Å². The molecule has 0 spiro atoms. The molecule has 7 nitrogen and oxygen atoms in total.